The Morgan fingerprint density at radius 3 is 2.52 bits per heavy atom. The summed E-state index contributed by atoms with van der Waals surface area (Å²) in [7, 11) is 0. The van der Waals surface area contributed by atoms with Gasteiger partial charge in [0.25, 0.3) is 0 Å². The Kier molecular flexibility index (Phi) is 4.73. The summed E-state index contributed by atoms with van der Waals surface area (Å²) in [5.74, 6) is 0.982. The minimum absolute atomic E-state index is 0.0476. The number of nitrogens with one attached hydrogen (secondary N) is 2. The topological polar surface area (TPSA) is 56.8 Å². The zero-order valence-corrected chi connectivity index (χ0v) is 15.9. The van der Waals surface area contributed by atoms with Gasteiger partial charge in [-0.15, -0.1) is 0 Å². The molecular formula is C18H25ClN4O2. The number of hydrazine groups is 1. The number of ether oxygens (including phenoxy) is 1. The first-order chi connectivity index (χ1) is 11.8. The maximum atomic E-state index is 12.4. The summed E-state index contributed by atoms with van der Waals surface area (Å²) in [4.78, 5) is 16.4. The molecule has 0 saturated carbocycles. The van der Waals surface area contributed by atoms with Gasteiger partial charge in [-0.1, -0.05) is 35.9 Å². The Morgan fingerprint density at radius 2 is 1.88 bits per heavy atom. The number of hydrogen-bond donors (Lipinski definition) is 2. The van der Waals surface area contributed by atoms with Crippen LogP contribution in [-0.4, -0.2) is 47.2 Å². The average Bonchev–Trinajstić information content (AvgIpc) is 2.53. The van der Waals surface area contributed by atoms with E-state index >= 15 is 0 Å². The van der Waals surface area contributed by atoms with Gasteiger partial charge in [0.2, 0.25) is 0 Å². The van der Waals surface area contributed by atoms with E-state index in [1.165, 1.54) is 0 Å². The number of rotatable bonds is 1. The second-order valence-corrected chi connectivity index (χ2v) is 7.80. The highest BCUT2D eigenvalue weighted by Crippen LogP contribution is 2.17. The maximum Gasteiger partial charge on any atom is 0.410 e. The molecule has 2 N–H and O–H groups in total. The van der Waals surface area contributed by atoms with Crippen molar-refractivity contribution >= 4 is 28.7 Å². The number of carbonyl (C=O) groups is 1. The molecule has 3 rings (SSSR count). The summed E-state index contributed by atoms with van der Waals surface area (Å²) in [5, 5.41) is 2.61. The molecule has 0 bridgehead atoms. The molecule has 2 aliphatic rings. The monoisotopic (exact) mass is 364 g/mol. The number of halogens is 1. The number of nitrogens with zero attached hydrogens (tertiary/aromatic N) is 2. The molecule has 2 heterocycles. The first-order valence-electron chi connectivity index (χ1n) is 8.52. The highest BCUT2D eigenvalue weighted by molar-refractivity contribution is 6.44. The van der Waals surface area contributed by atoms with Crippen LogP contribution in [-0.2, 0) is 4.74 Å². The van der Waals surface area contributed by atoms with Gasteiger partial charge in [-0.25, -0.2) is 4.79 Å². The predicted molar refractivity (Wildman–Crippen MR) is 98.6 cm³/mol. The van der Waals surface area contributed by atoms with E-state index in [0.29, 0.717) is 11.7 Å². The molecule has 1 aromatic rings. The van der Waals surface area contributed by atoms with Gasteiger partial charge in [0.15, 0.2) is 0 Å². The van der Waals surface area contributed by atoms with Crippen molar-refractivity contribution in [3.8, 4) is 0 Å². The van der Waals surface area contributed by atoms with Crippen molar-refractivity contribution in [2.75, 3.05) is 19.6 Å². The van der Waals surface area contributed by atoms with Crippen LogP contribution in [0, 0.1) is 0 Å². The third kappa shape index (κ3) is 3.79. The molecule has 1 saturated heterocycles. The van der Waals surface area contributed by atoms with Crippen LogP contribution in [0.15, 0.2) is 24.3 Å². The van der Waals surface area contributed by atoms with Gasteiger partial charge in [-0.3, -0.25) is 10.9 Å². The van der Waals surface area contributed by atoms with Crippen LogP contribution in [0.2, 0.25) is 0 Å². The lowest BCUT2D eigenvalue weighted by Gasteiger charge is -2.42. The highest BCUT2D eigenvalue weighted by Gasteiger charge is 2.32. The molecule has 0 unspecified atom stereocenters. The summed E-state index contributed by atoms with van der Waals surface area (Å²) in [6, 6.07) is 8.05. The lowest BCUT2D eigenvalue weighted by molar-refractivity contribution is 0.00641. The van der Waals surface area contributed by atoms with Crippen molar-refractivity contribution in [1.29, 1.82) is 0 Å². The molecule has 0 radical (unpaired) electrons. The number of fused-ring (bicyclic) bond motifs is 1. The van der Waals surface area contributed by atoms with Crippen LogP contribution >= 0.6 is 11.6 Å². The van der Waals surface area contributed by atoms with E-state index in [2.05, 4.69) is 15.8 Å². The second kappa shape index (κ2) is 6.67. The van der Waals surface area contributed by atoms with Crippen LogP contribution in [0.4, 0.5) is 4.79 Å². The molecule has 1 fully saturated rings. The Bertz CT molecular complexity index is 787. The lowest BCUT2D eigenvalue weighted by Crippen LogP contribution is -2.59. The van der Waals surface area contributed by atoms with Crippen LogP contribution in [0.5, 0.6) is 0 Å². The van der Waals surface area contributed by atoms with E-state index < -0.39 is 5.60 Å². The SMILES string of the molecule is C[C@H]1CN(C2=c3ccccc3=C(Cl)NN2)CCN1C(=O)OC(C)(C)C. The molecule has 136 valence electrons. The quantitative estimate of drug-likeness (QED) is 0.731. The molecule has 0 spiro atoms. The summed E-state index contributed by atoms with van der Waals surface area (Å²) in [5.41, 5.74) is 5.72. The zero-order chi connectivity index (χ0) is 18.2. The van der Waals surface area contributed by atoms with Gasteiger partial charge < -0.3 is 14.5 Å². The van der Waals surface area contributed by atoms with Gasteiger partial charge in [0, 0.05) is 36.1 Å². The maximum absolute atomic E-state index is 12.4. The smallest absolute Gasteiger partial charge is 0.410 e. The van der Waals surface area contributed by atoms with E-state index in [0.717, 1.165) is 29.3 Å². The first-order valence-corrected chi connectivity index (χ1v) is 8.90. The third-order valence-electron chi connectivity index (χ3n) is 4.28. The number of amides is 1. The molecule has 1 atom stereocenters. The molecule has 25 heavy (non-hydrogen) atoms. The largest absolute Gasteiger partial charge is 0.444 e. The van der Waals surface area contributed by atoms with E-state index in [1.54, 1.807) is 4.90 Å². The van der Waals surface area contributed by atoms with Crippen LogP contribution in [0.3, 0.4) is 0 Å². The summed E-state index contributed by atoms with van der Waals surface area (Å²) >= 11 is 6.25. The Hall–Kier alpha value is -2.08. The molecule has 6 nitrogen and oxygen atoms in total. The lowest BCUT2D eigenvalue weighted by atomic mass is 10.1. The van der Waals surface area contributed by atoms with Crippen molar-refractivity contribution in [3.63, 3.8) is 0 Å². The second-order valence-electron chi connectivity index (χ2n) is 7.43. The van der Waals surface area contributed by atoms with Gasteiger partial charge in [-0.05, 0) is 27.7 Å². The van der Waals surface area contributed by atoms with Gasteiger partial charge in [0.05, 0.1) is 0 Å². The summed E-state index contributed by atoms with van der Waals surface area (Å²) in [6.45, 7) is 9.75. The summed E-state index contributed by atoms with van der Waals surface area (Å²) in [6.07, 6.45) is -0.254. The predicted octanol–water partition coefficient (Wildman–Crippen LogP) is 1.11. The number of benzene rings is 1. The minimum Gasteiger partial charge on any atom is -0.444 e. The van der Waals surface area contributed by atoms with Crippen molar-refractivity contribution in [2.45, 2.75) is 39.3 Å². The Labute approximate surface area is 153 Å². The van der Waals surface area contributed by atoms with Gasteiger partial charge >= 0.3 is 6.09 Å². The van der Waals surface area contributed by atoms with Crippen molar-refractivity contribution in [1.82, 2.24) is 20.7 Å². The summed E-state index contributed by atoms with van der Waals surface area (Å²) < 4.78 is 5.51. The zero-order valence-electron chi connectivity index (χ0n) is 15.1. The van der Waals surface area contributed by atoms with Crippen molar-refractivity contribution in [3.05, 3.63) is 34.7 Å². The molecule has 7 heteroatoms. The minimum atomic E-state index is -0.483. The fourth-order valence-corrected chi connectivity index (χ4v) is 3.34. The van der Waals surface area contributed by atoms with E-state index in [4.69, 9.17) is 16.3 Å². The van der Waals surface area contributed by atoms with Gasteiger partial charge in [-0.2, -0.15) is 0 Å². The van der Waals surface area contributed by atoms with E-state index in [9.17, 15) is 4.79 Å². The third-order valence-corrected chi connectivity index (χ3v) is 4.58. The van der Waals surface area contributed by atoms with E-state index in [1.807, 2.05) is 52.0 Å². The Morgan fingerprint density at radius 1 is 1.20 bits per heavy atom. The van der Waals surface area contributed by atoms with Crippen LogP contribution in [0.25, 0.3) is 11.0 Å². The average molecular weight is 365 g/mol. The van der Waals surface area contributed by atoms with Crippen LogP contribution < -0.4 is 21.3 Å². The van der Waals surface area contributed by atoms with Crippen molar-refractivity contribution in [2.24, 2.45) is 0 Å². The number of carbonyl (C=O) groups excluding carboxylic acids is 1. The molecule has 0 aromatic heterocycles. The molecule has 0 aliphatic carbocycles. The van der Waals surface area contributed by atoms with E-state index in [-0.39, 0.29) is 12.1 Å². The fourth-order valence-electron chi connectivity index (χ4n) is 3.13. The molecular weight excluding hydrogens is 340 g/mol. The molecule has 1 aromatic carbocycles. The van der Waals surface area contributed by atoms with Crippen molar-refractivity contribution < 1.29 is 9.53 Å². The first kappa shape index (κ1) is 17.7. The number of hydrogen-bond acceptors (Lipinski definition) is 5. The molecule has 2 aliphatic heterocycles. The highest BCUT2D eigenvalue weighted by atomic mass is 35.5. The number of piperazine rings is 1. The normalized spacial score (nSPS) is 20.6. The standard InChI is InChI=1S/C18H25ClN4O2/c1-12-11-22(9-10-23(12)17(24)25-18(2,3)4)16-14-8-6-5-7-13(14)15(19)20-21-16/h5-8,12,20-21H,9-11H2,1-4H3/t12-/m0/s1. The Balaban J connectivity index is 1.81. The van der Waals surface area contributed by atoms with Gasteiger partial charge in [0.1, 0.15) is 16.6 Å². The van der Waals surface area contributed by atoms with Crippen LogP contribution in [0.1, 0.15) is 27.7 Å². The fraction of sp³-hybridized carbons (Fsp3) is 0.500. The molecule has 1 amide bonds.